The van der Waals surface area contributed by atoms with Crippen molar-refractivity contribution < 1.29 is 18.3 Å². The first-order valence-electron chi connectivity index (χ1n) is 9.32. The van der Waals surface area contributed by atoms with Gasteiger partial charge in [-0.05, 0) is 49.5 Å². The summed E-state index contributed by atoms with van der Waals surface area (Å²) in [7, 11) is 0. The zero-order valence-corrected chi connectivity index (χ0v) is 17.0. The van der Waals surface area contributed by atoms with Gasteiger partial charge in [-0.2, -0.15) is 0 Å². The van der Waals surface area contributed by atoms with Crippen molar-refractivity contribution in [1.82, 2.24) is 10.2 Å². The van der Waals surface area contributed by atoms with E-state index in [4.69, 9.17) is 16.3 Å². The van der Waals surface area contributed by atoms with E-state index in [1.807, 2.05) is 0 Å². The fraction of sp³-hybridized carbons (Fsp3) is 0.650. The minimum atomic E-state index is -1.00. The van der Waals surface area contributed by atoms with E-state index in [1.165, 1.54) is 18.2 Å². The van der Waals surface area contributed by atoms with Gasteiger partial charge < -0.3 is 15.0 Å². The Bertz CT molecular complexity index is 637. The molecule has 1 aromatic carbocycles. The van der Waals surface area contributed by atoms with Crippen LogP contribution >= 0.6 is 11.6 Å². The topological polar surface area (TPSA) is 41.6 Å². The third-order valence-electron chi connectivity index (χ3n) is 4.82. The van der Waals surface area contributed by atoms with Crippen LogP contribution in [0, 0.1) is 11.3 Å². The molecule has 1 amide bonds. The smallest absolute Gasteiger partial charge is 0.251 e. The van der Waals surface area contributed by atoms with E-state index in [-0.39, 0.29) is 40.1 Å². The maximum absolute atomic E-state index is 14.5. The SMILES string of the molecule is CC(C)(C)CCN1CCC(CNC(=O)c2cc(Cl)cc(OCF)c2)C(F)C1. The number of rotatable bonds is 7. The minimum Gasteiger partial charge on any atom is -0.463 e. The number of halogens is 3. The normalized spacial score (nSPS) is 21.1. The van der Waals surface area contributed by atoms with Gasteiger partial charge in [0.1, 0.15) is 11.9 Å². The van der Waals surface area contributed by atoms with Crippen molar-refractivity contribution in [2.24, 2.45) is 11.3 Å². The Kier molecular flexibility index (Phi) is 7.86. The van der Waals surface area contributed by atoms with Crippen LogP contribution in [0.25, 0.3) is 0 Å². The van der Waals surface area contributed by atoms with Crippen LogP contribution in [0.4, 0.5) is 8.78 Å². The van der Waals surface area contributed by atoms with E-state index >= 15 is 0 Å². The molecule has 1 saturated heterocycles. The van der Waals surface area contributed by atoms with Gasteiger partial charge in [-0.3, -0.25) is 4.79 Å². The maximum atomic E-state index is 14.5. The van der Waals surface area contributed by atoms with Crippen molar-refractivity contribution in [1.29, 1.82) is 0 Å². The molecular weight excluding hydrogens is 374 g/mol. The number of likely N-dealkylation sites (tertiary alicyclic amines) is 1. The average Bonchev–Trinajstić information content (AvgIpc) is 2.58. The van der Waals surface area contributed by atoms with Gasteiger partial charge >= 0.3 is 0 Å². The Hall–Kier alpha value is -1.40. The van der Waals surface area contributed by atoms with Crippen molar-refractivity contribution in [3.8, 4) is 5.75 Å². The van der Waals surface area contributed by atoms with E-state index in [9.17, 15) is 13.6 Å². The highest BCUT2D eigenvalue weighted by Crippen LogP contribution is 2.25. The number of hydrogen-bond acceptors (Lipinski definition) is 3. The van der Waals surface area contributed by atoms with E-state index < -0.39 is 13.0 Å². The number of carbonyl (C=O) groups is 1. The number of piperidine rings is 1. The highest BCUT2D eigenvalue weighted by molar-refractivity contribution is 6.31. The molecule has 1 aliphatic rings. The number of ether oxygens (including phenoxy) is 1. The third-order valence-corrected chi connectivity index (χ3v) is 5.04. The summed E-state index contributed by atoms with van der Waals surface area (Å²) in [5.41, 5.74) is 0.502. The molecule has 0 aliphatic carbocycles. The second-order valence-corrected chi connectivity index (χ2v) is 8.75. The van der Waals surface area contributed by atoms with Crippen LogP contribution in [-0.2, 0) is 0 Å². The molecule has 2 atom stereocenters. The fourth-order valence-electron chi connectivity index (χ4n) is 3.11. The van der Waals surface area contributed by atoms with Crippen LogP contribution < -0.4 is 10.1 Å². The predicted molar refractivity (Wildman–Crippen MR) is 104 cm³/mol. The Labute approximate surface area is 165 Å². The first-order chi connectivity index (χ1) is 12.7. The van der Waals surface area contributed by atoms with E-state index in [1.54, 1.807) is 0 Å². The highest BCUT2D eigenvalue weighted by atomic mass is 35.5. The number of alkyl halides is 2. The quantitative estimate of drug-likeness (QED) is 0.731. The minimum absolute atomic E-state index is 0.186. The maximum Gasteiger partial charge on any atom is 0.251 e. The molecule has 0 saturated carbocycles. The van der Waals surface area contributed by atoms with Crippen LogP contribution in [0.1, 0.15) is 44.0 Å². The Morgan fingerprint density at radius 3 is 2.74 bits per heavy atom. The largest absolute Gasteiger partial charge is 0.463 e. The Balaban J connectivity index is 1.84. The van der Waals surface area contributed by atoms with E-state index in [0.717, 1.165) is 19.5 Å². The lowest BCUT2D eigenvalue weighted by molar-refractivity contribution is 0.0724. The monoisotopic (exact) mass is 402 g/mol. The number of nitrogens with zero attached hydrogens (tertiary/aromatic N) is 1. The second-order valence-electron chi connectivity index (χ2n) is 8.32. The zero-order valence-electron chi connectivity index (χ0n) is 16.2. The molecule has 1 aliphatic heterocycles. The fourth-order valence-corrected chi connectivity index (χ4v) is 3.33. The van der Waals surface area contributed by atoms with Gasteiger partial charge in [-0.25, -0.2) is 8.78 Å². The lowest BCUT2D eigenvalue weighted by Gasteiger charge is -2.36. The van der Waals surface area contributed by atoms with Crippen LogP contribution in [0.5, 0.6) is 5.75 Å². The van der Waals surface area contributed by atoms with Gasteiger partial charge in [0.25, 0.3) is 5.91 Å². The summed E-state index contributed by atoms with van der Waals surface area (Å²) in [5, 5.41) is 3.04. The second kappa shape index (κ2) is 9.69. The number of hydrogen-bond donors (Lipinski definition) is 1. The molecule has 1 N–H and O–H groups in total. The van der Waals surface area contributed by atoms with Crippen molar-refractivity contribution in [3.63, 3.8) is 0 Å². The number of carbonyl (C=O) groups excluding carboxylic acids is 1. The molecule has 7 heteroatoms. The first-order valence-corrected chi connectivity index (χ1v) is 9.70. The summed E-state index contributed by atoms with van der Waals surface area (Å²) in [6, 6.07) is 4.33. The number of nitrogens with one attached hydrogen (secondary N) is 1. The molecule has 27 heavy (non-hydrogen) atoms. The van der Waals surface area contributed by atoms with Gasteiger partial charge in [0.2, 0.25) is 6.86 Å². The van der Waals surface area contributed by atoms with Crippen molar-refractivity contribution >= 4 is 17.5 Å². The molecule has 2 rings (SSSR count). The zero-order chi connectivity index (χ0) is 20.0. The summed E-state index contributed by atoms with van der Waals surface area (Å²) in [5.74, 6) is -0.394. The predicted octanol–water partition coefficient (Wildman–Crippen LogP) is 4.47. The summed E-state index contributed by atoms with van der Waals surface area (Å²) < 4.78 is 31.6. The van der Waals surface area contributed by atoms with Crippen molar-refractivity contribution in [2.45, 2.75) is 39.8 Å². The molecule has 1 heterocycles. The number of benzene rings is 1. The molecule has 0 bridgehead atoms. The van der Waals surface area contributed by atoms with E-state index in [0.29, 0.717) is 13.0 Å². The lowest BCUT2D eigenvalue weighted by Crippen LogP contribution is -2.46. The van der Waals surface area contributed by atoms with Gasteiger partial charge in [-0.1, -0.05) is 32.4 Å². The Morgan fingerprint density at radius 2 is 2.11 bits per heavy atom. The molecule has 1 fully saturated rings. The molecule has 0 aromatic heterocycles. The molecule has 1 aromatic rings. The van der Waals surface area contributed by atoms with Gasteiger partial charge in [-0.15, -0.1) is 0 Å². The summed E-state index contributed by atoms with van der Waals surface area (Å²) in [6.45, 7) is 7.94. The van der Waals surface area contributed by atoms with Crippen molar-refractivity contribution in [2.75, 3.05) is 33.0 Å². The summed E-state index contributed by atoms with van der Waals surface area (Å²) in [6.07, 6.45) is 0.764. The highest BCUT2D eigenvalue weighted by Gasteiger charge is 2.30. The van der Waals surface area contributed by atoms with Gasteiger partial charge in [0.15, 0.2) is 0 Å². The summed E-state index contributed by atoms with van der Waals surface area (Å²) >= 11 is 5.93. The van der Waals surface area contributed by atoms with Gasteiger partial charge in [0, 0.05) is 29.6 Å². The molecule has 2 unspecified atom stereocenters. The van der Waals surface area contributed by atoms with Gasteiger partial charge in [0.05, 0.1) is 0 Å². The molecule has 4 nitrogen and oxygen atoms in total. The Morgan fingerprint density at radius 1 is 1.37 bits per heavy atom. The summed E-state index contributed by atoms with van der Waals surface area (Å²) in [4.78, 5) is 14.5. The van der Waals surface area contributed by atoms with Crippen LogP contribution in [0.3, 0.4) is 0 Å². The standard InChI is InChI=1S/C20H29ClF2N2O2/c1-20(2,3)5-7-25-6-4-14(18(23)12-25)11-24-19(26)15-8-16(21)10-17(9-15)27-13-22/h8-10,14,18H,4-7,11-13H2,1-3H3,(H,24,26). The van der Waals surface area contributed by atoms with E-state index in [2.05, 4.69) is 31.0 Å². The number of amides is 1. The van der Waals surface area contributed by atoms with Crippen LogP contribution in [-0.4, -0.2) is 50.0 Å². The molecular formula is C20H29ClF2N2O2. The molecule has 152 valence electrons. The molecule has 0 radical (unpaired) electrons. The first kappa shape index (κ1) is 21.9. The molecule has 0 spiro atoms. The van der Waals surface area contributed by atoms with Crippen LogP contribution in [0.2, 0.25) is 5.02 Å². The van der Waals surface area contributed by atoms with Crippen molar-refractivity contribution in [3.05, 3.63) is 28.8 Å². The van der Waals surface area contributed by atoms with Crippen LogP contribution in [0.15, 0.2) is 18.2 Å². The average molecular weight is 403 g/mol. The lowest BCUT2D eigenvalue weighted by atomic mass is 9.90. The third kappa shape index (κ3) is 7.26.